The van der Waals surface area contributed by atoms with E-state index in [0.717, 1.165) is 19.0 Å². The van der Waals surface area contributed by atoms with Crippen LogP contribution in [0.2, 0.25) is 0 Å². The first-order valence-corrected chi connectivity index (χ1v) is 9.38. The smallest absolute Gasteiger partial charge is 0.245 e. The van der Waals surface area contributed by atoms with Crippen molar-refractivity contribution in [2.24, 2.45) is 5.92 Å². The minimum atomic E-state index is 0.0873. The van der Waals surface area contributed by atoms with Crippen molar-refractivity contribution >= 4 is 17.0 Å². The molecule has 0 bridgehead atoms. The summed E-state index contributed by atoms with van der Waals surface area (Å²) >= 11 is 0. The third-order valence-corrected chi connectivity index (χ3v) is 5.32. The van der Waals surface area contributed by atoms with E-state index in [0.29, 0.717) is 46.3 Å². The number of hydrogen-bond acceptors (Lipinski definition) is 8. The summed E-state index contributed by atoms with van der Waals surface area (Å²) in [5, 5.41) is 22.7. The van der Waals surface area contributed by atoms with E-state index < -0.39 is 0 Å². The number of rotatable bonds is 3. The van der Waals surface area contributed by atoms with Crippen molar-refractivity contribution in [3.63, 3.8) is 0 Å². The van der Waals surface area contributed by atoms with Crippen LogP contribution in [-0.4, -0.2) is 50.4 Å². The molecule has 140 valence electrons. The normalized spacial score (nSPS) is 23.1. The maximum Gasteiger partial charge on any atom is 0.245 e. The van der Waals surface area contributed by atoms with Crippen molar-refractivity contribution in [1.29, 1.82) is 0 Å². The number of phenols is 1. The highest BCUT2D eigenvalue weighted by Crippen LogP contribution is 2.35. The fourth-order valence-electron chi connectivity index (χ4n) is 3.88. The Morgan fingerprint density at radius 3 is 2.81 bits per heavy atom. The summed E-state index contributed by atoms with van der Waals surface area (Å²) in [5.41, 5.74) is 2.27. The van der Waals surface area contributed by atoms with Gasteiger partial charge in [-0.1, -0.05) is 0 Å². The van der Waals surface area contributed by atoms with Crippen molar-refractivity contribution in [2.75, 3.05) is 18.0 Å². The van der Waals surface area contributed by atoms with Crippen LogP contribution in [0.5, 0.6) is 5.75 Å². The lowest BCUT2D eigenvalue weighted by Gasteiger charge is -2.37. The molecular weight excluding hydrogens is 344 g/mol. The molecule has 1 saturated heterocycles. The second kappa shape index (κ2) is 6.16. The van der Waals surface area contributed by atoms with Crippen molar-refractivity contribution < 1.29 is 9.52 Å². The van der Waals surface area contributed by atoms with Crippen LogP contribution in [0.3, 0.4) is 0 Å². The standard InChI is InChI=1S/C19H22N6O2/c1-10-8-25(9-16(21-10)12-3-4-12)19-20-7-15(23-24-19)13-5-18-14(6-17(13)26)22-11(2)27-18/h5-7,10,12,16,21,26H,3-4,8-9H2,1-2H3/t10-,16-/m1/s1. The van der Waals surface area contributed by atoms with Gasteiger partial charge in [-0.05, 0) is 31.7 Å². The molecule has 1 aliphatic carbocycles. The number of nitrogens with zero attached hydrogens (tertiary/aromatic N) is 5. The van der Waals surface area contributed by atoms with Gasteiger partial charge in [-0.15, -0.1) is 10.2 Å². The Bertz CT molecular complexity index is 982. The van der Waals surface area contributed by atoms with E-state index in [4.69, 9.17) is 4.42 Å². The van der Waals surface area contributed by atoms with Crippen LogP contribution in [0.25, 0.3) is 22.4 Å². The molecule has 2 atom stereocenters. The number of piperazine rings is 1. The van der Waals surface area contributed by atoms with Crippen LogP contribution in [0, 0.1) is 12.8 Å². The lowest BCUT2D eigenvalue weighted by Crippen LogP contribution is -2.56. The van der Waals surface area contributed by atoms with Gasteiger partial charge < -0.3 is 19.7 Å². The molecule has 3 heterocycles. The van der Waals surface area contributed by atoms with Crippen molar-refractivity contribution in [3.05, 3.63) is 24.2 Å². The van der Waals surface area contributed by atoms with Crippen molar-refractivity contribution in [1.82, 2.24) is 25.5 Å². The third kappa shape index (κ3) is 3.10. The zero-order valence-electron chi connectivity index (χ0n) is 15.4. The van der Waals surface area contributed by atoms with E-state index >= 15 is 0 Å². The molecule has 27 heavy (non-hydrogen) atoms. The summed E-state index contributed by atoms with van der Waals surface area (Å²) in [5.74, 6) is 2.05. The fourth-order valence-corrected chi connectivity index (χ4v) is 3.88. The molecule has 2 aromatic heterocycles. The molecule has 5 rings (SSSR count). The summed E-state index contributed by atoms with van der Waals surface area (Å²) in [4.78, 5) is 10.9. The first-order chi connectivity index (χ1) is 13.1. The Labute approximate surface area is 156 Å². The van der Waals surface area contributed by atoms with Gasteiger partial charge in [0.2, 0.25) is 5.95 Å². The molecule has 0 spiro atoms. The molecule has 8 heteroatoms. The molecule has 2 N–H and O–H groups in total. The maximum absolute atomic E-state index is 10.3. The Hall–Kier alpha value is -2.74. The topological polar surface area (TPSA) is 100 Å². The Balaban J connectivity index is 1.42. The van der Waals surface area contributed by atoms with E-state index in [2.05, 4.69) is 37.3 Å². The number of benzene rings is 1. The summed E-state index contributed by atoms with van der Waals surface area (Å²) in [7, 11) is 0. The maximum atomic E-state index is 10.3. The Morgan fingerprint density at radius 1 is 1.22 bits per heavy atom. The minimum Gasteiger partial charge on any atom is -0.507 e. The summed E-state index contributed by atoms with van der Waals surface area (Å²) in [6.45, 7) is 5.73. The van der Waals surface area contributed by atoms with Crippen LogP contribution < -0.4 is 10.2 Å². The first-order valence-electron chi connectivity index (χ1n) is 9.38. The Kier molecular flexibility index (Phi) is 3.75. The molecule has 3 aromatic rings. The highest BCUT2D eigenvalue weighted by molar-refractivity contribution is 5.83. The molecule has 0 amide bonds. The predicted octanol–water partition coefficient (Wildman–Crippen LogP) is 2.27. The van der Waals surface area contributed by atoms with Gasteiger partial charge in [-0.2, -0.15) is 0 Å². The first kappa shape index (κ1) is 16.4. The van der Waals surface area contributed by atoms with Crippen LogP contribution >= 0.6 is 0 Å². The number of anilines is 1. The van der Waals surface area contributed by atoms with Crippen LogP contribution in [-0.2, 0) is 0 Å². The quantitative estimate of drug-likeness (QED) is 0.728. The SMILES string of the molecule is Cc1nc2cc(O)c(-c3cnc(N4C[C@@H](C)N[C@@H](C5CC5)C4)nn3)cc2o1. The number of oxazole rings is 1. The van der Waals surface area contributed by atoms with E-state index in [1.54, 1.807) is 25.3 Å². The number of aryl methyl sites for hydroxylation is 1. The highest BCUT2D eigenvalue weighted by Gasteiger charge is 2.36. The average molecular weight is 366 g/mol. The lowest BCUT2D eigenvalue weighted by atomic mass is 10.1. The number of phenolic OH excluding ortho intramolecular Hbond substituents is 1. The molecule has 1 aliphatic heterocycles. The number of fused-ring (bicyclic) bond motifs is 1. The van der Waals surface area contributed by atoms with Crippen LogP contribution in [0.4, 0.5) is 5.95 Å². The van der Waals surface area contributed by atoms with Gasteiger partial charge in [-0.3, -0.25) is 0 Å². The van der Waals surface area contributed by atoms with Crippen molar-refractivity contribution in [3.8, 4) is 17.0 Å². The zero-order valence-corrected chi connectivity index (χ0v) is 15.4. The van der Waals surface area contributed by atoms with Gasteiger partial charge in [0.1, 0.15) is 17.0 Å². The van der Waals surface area contributed by atoms with Gasteiger partial charge in [0.15, 0.2) is 11.5 Å². The summed E-state index contributed by atoms with van der Waals surface area (Å²) in [6, 6.07) is 4.20. The second-order valence-corrected chi connectivity index (χ2v) is 7.63. The number of aromatic nitrogens is 4. The highest BCUT2D eigenvalue weighted by atomic mass is 16.3. The van der Waals surface area contributed by atoms with Gasteiger partial charge >= 0.3 is 0 Å². The molecule has 2 fully saturated rings. The summed E-state index contributed by atoms with van der Waals surface area (Å²) < 4.78 is 5.55. The van der Waals surface area contributed by atoms with E-state index in [9.17, 15) is 5.11 Å². The molecule has 8 nitrogen and oxygen atoms in total. The second-order valence-electron chi connectivity index (χ2n) is 7.63. The van der Waals surface area contributed by atoms with E-state index in [1.165, 1.54) is 12.8 Å². The third-order valence-electron chi connectivity index (χ3n) is 5.32. The molecule has 1 aromatic carbocycles. The number of hydrogen-bond donors (Lipinski definition) is 2. The van der Waals surface area contributed by atoms with Gasteiger partial charge in [-0.25, -0.2) is 9.97 Å². The summed E-state index contributed by atoms with van der Waals surface area (Å²) in [6.07, 6.45) is 4.27. The molecule has 0 unspecified atom stereocenters. The van der Waals surface area contributed by atoms with Crippen LogP contribution in [0.15, 0.2) is 22.7 Å². The molecule has 2 aliphatic rings. The monoisotopic (exact) mass is 366 g/mol. The molecule has 1 saturated carbocycles. The van der Waals surface area contributed by atoms with Gasteiger partial charge in [0.05, 0.1) is 6.20 Å². The van der Waals surface area contributed by atoms with Crippen molar-refractivity contribution in [2.45, 2.75) is 38.8 Å². The Morgan fingerprint density at radius 2 is 2.07 bits per heavy atom. The number of aromatic hydroxyl groups is 1. The van der Waals surface area contributed by atoms with E-state index in [1.807, 2.05) is 0 Å². The fraction of sp³-hybridized carbons (Fsp3) is 0.474. The number of nitrogens with one attached hydrogen (secondary N) is 1. The molecule has 0 radical (unpaired) electrons. The lowest BCUT2D eigenvalue weighted by molar-refractivity contribution is 0.355. The van der Waals surface area contributed by atoms with Gasteiger partial charge in [0, 0.05) is 43.7 Å². The van der Waals surface area contributed by atoms with E-state index in [-0.39, 0.29) is 5.75 Å². The predicted molar refractivity (Wildman–Crippen MR) is 101 cm³/mol. The van der Waals surface area contributed by atoms with Gasteiger partial charge in [0.25, 0.3) is 0 Å². The largest absolute Gasteiger partial charge is 0.507 e. The minimum absolute atomic E-state index is 0.0873. The zero-order chi connectivity index (χ0) is 18.5. The molecular formula is C19H22N6O2. The van der Waals surface area contributed by atoms with Crippen LogP contribution in [0.1, 0.15) is 25.7 Å². The average Bonchev–Trinajstić information content (AvgIpc) is 3.43.